The summed E-state index contributed by atoms with van der Waals surface area (Å²) in [6.07, 6.45) is 0.565. The molecule has 2 N–H and O–H groups in total. The number of nitrogens with one attached hydrogen (secondary N) is 1. The largest absolute Gasteiger partial charge is 0.504 e. The molecule has 1 atom stereocenters. The molecule has 0 aliphatic rings. The van der Waals surface area contributed by atoms with Crippen molar-refractivity contribution in [3.05, 3.63) is 59.7 Å². The second-order valence-electron chi connectivity index (χ2n) is 5.60. The van der Waals surface area contributed by atoms with Crippen LogP contribution in [-0.2, 0) is 22.4 Å². The van der Waals surface area contributed by atoms with Crippen LogP contribution in [0.25, 0.3) is 0 Å². The first-order valence-electron chi connectivity index (χ1n) is 7.69. The number of phenolic OH excluding ortho intramolecular Hbond substituents is 1. The molecule has 2 aromatic carbocycles. The maximum Gasteiger partial charge on any atom is 0.225 e. The monoisotopic (exact) mass is 327 g/mol. The predicted molar refractivity (Wildman–Crippen MR) is 91.1 cm³/mol. The molecule has 0 aromatic heterocycles. The number of ketones is 1. The average molecular weight is 327 g/mol. The highest BCUT2D eigenvalue weighted by atomic mass is 16.5. The zero-order chi connectivity index (χ0) is 17.5. The van der Waals surface area contributed by atoms with Gasteiger partial charge >= 0.3 is 0 Å². The van der Waals surface area contributed by atoms with Crippen molar-refractivity contribution in [2.45, 2.75) is 25.8 Å². The van der Waals surface area contributed by atoms with E-state index in [2.05, 4.69) is 5.32 Å². The molecule has 1 unspecified atom stereocenters. The lowest BCUT2D eigenvalue weighted by Gasteiger charge is -2.16. The lowest BCUT2D eigenvalue weighted by Crippen LogP contribution is -2.42. The summed E-state index contributed by atoms with van der Waals surface area (Å²) in [5, 5.41) is 12.4. The predicted octanol–water partition coefficient (Wildman–Crippen LogP) is 2.26. The Bertz CT molecular complexity index is 713. The van der Waals surface area contributed by atoms with E-state index in [9.17, 15) is 14.7 Å². The summed E-state index contributed by atoms with van der Waals surface area (Å²) in [5.74, 6) is -0.00517. The number of rotatable bonds is 7. The maximum atomic E-state index is 12.2. The molecule has 0 fully saturated rings. The van der Waals surface area contributed by atoms with Crippen LogP contribution in [0.5, 0.6) is 11.5 Å². The molecule has 0 saturated heterocycles. The van der Waals surface area contributed by atoms with Gasteiger partial charge in [0.2, 0.25) is 5.91 Å². The number of aromatic hydroxyl groups is 1. The summed E-state index contributed by atoms with van der Waals surface area (Å²) >= 11 is 0. The number of hydrogen-bond donors (Lipinski definition) is 2. The molecule has 0 aliphatic heterocycles. The van der Waals surface area contributed by atoms with Gasteiger partial charge in [0.15, 0.2) is 17.3 Å². The molecular formula is C19H21NO4. The van der Waals surface area contributed by atoms with Crippen molar-refractivity contribution in [1.29, 1.82) is 0 Å². The fourth-order valence-corrected chi connectivity index (χ4v) is 2.41. The second-order valence-corrected chi connectivity index (χ2v) is 5.60. The van der Waals surface area contributed by atoms with Gasteiger partial charge in [0.1, 0.15) is 0 Å². The zero-order valence-corrected chi connectivity index (χ0v) is 13.8. The normalized spacial score (nSPS) is 11.6. The molecule has 0 aliphatic carbocycles. The van der Waals surface area contributed by atoms with Crippen LogP contribution in [0.3, 0.4) is 0 Å². The Morgan fingerprint density at radius 3 is 2.46 bits per heavy atom. The minimum atomic E-state index is -0.557. The number of Topliss-reactive ketones (excluding diaryl/α,β-unsaturated/α-hetero) is 1. The maximum absolute atomic E-state index is 12.2. The Morgan fingerprint density at radius 2 is 1.83 bits per heavy atom. The Labute approximate surface area is 141 Å². The van der Waals surface area contributed by atoms with Gasteiger partial charge in [-0.05, 0) is 36.6 Å². The van der Waals surface area contributed by atoms with E-state index in [-0.39, 0.29) is 23.9 Å². The van der Waals surface area contributed by atoms with E-state index >= 15 is 0 Å². The molecule has 5 heteroatoms. The summed E-state index contributed by atoms with van der Waals surface area (Å²) in [6.45, 7) is 1.47. The van der Waals surface area contributed by atoms with Crippen molar-refractivity contribution in [2.75, 3.05) is 7.11 Å². The molecule has 0 bridgehead atoms. The highest BCUT2D eigenvalue weighted by Gasteiger charge is 2.18. The van der Waals surface area contributed by atoms with Crippen LogP contribution < -0.4 is 10.1 Å². The van der Waals surface area contributed by atoms with Gasteiger partial charge in [0.25, 0.3) is 0 Å². The second kappa shape index (κ2) is 8.15. The van der Waals surface area contributed by atoms with Crippen LogP contribution in [-0.4, -0.2) is 29.9 Å². The van der Waals surface area contributed by atoms with E-state index in [1.807, 2.05) is 30.3 Å². The van der Waals surface area contributed by atoms with Gasteiger partial charge in [-0.25, -0.2) is 0 Å². The molecule has 0 heterocycles. The number of carbonyl (C=O) groups excluding carboxylic acids is 2. The van der Waals surface area contributed by atoms with Gasteiger partial charge in [0, 0.05) is 0 Å². The fourth-order valence-electron chi connectivity index (χ4n) is 2.41. The first-order chi connectivity index (χ1) is 11.5. The van der Waals surface area contributed by atoms with Crippen LogP contribution in [0, 0.1) is 0 Å². The third-order valence-electron chi connectivity index (χ3n) is 3.72. The van der Waals surface area contributed by atoms with Crippen LogP contribution in [0.2, 0.25) is 0 Å². The number of methoxy groups -OCH3 is 1. The van der Waals surface area contributed by atoms with Crippen molar-refractivity contribution >= 4 is 11.7 Å². The number of benzene rings is 2. The Balaban J connectivity index is 2.01. The highest BCUT2D eigenvalue weighted by molar-refractivity contribution is 5.88. The first-order valence-corrected chi connectivity index (χ1v) is 7.69. The smallest absolute Gasteiger partial charge is 0.225 e. The highest BCUT2D eigenvalue weighted by Crippen LogP contribution is 2.26. The van der Waals surface area contributed by atoms with Crippen LogP contribution in [0.15, 0.2) is 48.5 Å². The van der Waals surface area contributed by atoms with Crippen molar-refractivity contribution < 1.29 is 19.4 Å². The number of amides is 1. The van der Waals surface area contributed by atoms with Gasteiger partial charge in [-0.15, -0.1) is 0 Å². The standard InChI is InChI=1S/C19H21NO4/c1-13(21)16(10-14-6-4-3-5-7-14)20-19(23)12-15-8-9-17(22)18(11-15)24-2/h3-9,11,16,22H,10,12H2,1-2H3,(H,20,23). The molecular weight excluding hydrogens is 306 g/mol. The van der Waals surface area contributed by atoms with Crippen LogP contribution in [0.4, 0.5) is 0 Å². The molecule has 2 rings (SSSR count). The summed E-state index contributed by atoms with van der Waals surface area (Å²) < 4.78 is 5.03. The van der Waals surface area contributed by atoms with E-state index < -0.39 is 6.04 Å². The number of phenols is 1. The number of hydrogen-bond acceptors (Lipinski definition) is 4. The average Bonchev–Trinajstić information content (AvgIpc) is 2.57. The summed E-state index contributed by atoms with van der Waals surface area (Å²) in [7, 11) is 1.45. The topological polar surface area (TPSA) is 75.6 Å². The molecule has 1 amide bonds. The Kier molecular flexibility index (Phi) is 5.95. The summed E-state index contributed by atoms with van der Waals surface area (Å²) in [5.41, 5.74) is 1.69. The van der Waals surface area contributed by atoms with Crippen molar-refractivity contribution in [3.8, 4) is 11.5 Å². The summed E-state index contributed by atoms with van der Waals surface area (Å²) in [6, 6.07) is 13.7. The molecule has 0 radical (unpaired) electrons. The van der Waals surface area contributed by atoms with Gasteiger partial charge in [-0.2, -0.15) is 0 Å². The minimum Gasteiger partial charge on any atom is -0.504 e. The zero-order valence-electron chi connectivity index (χ0n) is 13.8. The molecule has 24 heavy (non-hydrogen) atoms. The lowest BCUT2D eigenvalue weighted by molar-refractivity contribution is -0.126. The number of ether oxygens (including phenoxy) is 1. The first kappa shape index (κ1) is 17.5. The molecule has 0 saturated carbocycles. The van der Waals surface area contributed by atoms with E-state index in [0.717, 1.165) is 5.56 Å². The van der Waals surface area contributed by atoms with Crippen molar-refractivity contribution in [3.63, 3.8) is 0 Å². The molecule has 126 valence electrons. The SMILES string of the molecule is COc1cc(CC(=O)NC(Cc2ccccc2)C(C)=O)ccc1O. The van der Waals surface area contributed by atoms with Gasteiger partial charge in [-0.1, -0.05) is 36.4 Å². The van der Waals surface area contributed by atoms with Crippen molar-refractivity contribution in [2.24, 2.45) is 0 Å². The minimum absolute atomic E-state index is 0.0207. The van der Waals surface area contributed by atoms with Gasteiger partial charge < -0.3 is 15.2 Å². The third-order valence-corrected chi connectivity index (χ3v) is 3.72. The quantitative estimate of drug-likeness (QED) is 0.818. The van der Waals surface area contributed by atoms with Crippen LogP contribution in [0.1, 0.15) is 18.1 Å². The Hall–Kier alpha value is -2.82. The van der Waals surface area contributed by atoms with Gasteiger partial charge in [-0.3, -0.25) is 9.59 Å². The fraction of sp³-hybridized carbons (Fsp3) is 0.263. The third kappa shape index (κ3) is 4.84. The van der Waals surface area contributed by atoms with Gasteiger partial charge in [0.05, 0.1) is 19.6 Å². The lowest BCUT2D eigenvalue weighted by atomic mass is 10.0. The van der Waals surface area contributed by atoms with E-state index in [4.69, 9.17) is 4.74 Å². The van der Waals surface area contributed by atoms with E-state index in [0.29, 0.717) is 17.7 Å². The molecule has 5 nitrogen and oxygen atoms in total. The summed E-state index contributed by atoms with van der Waals surface area (Å²) in [4.78, 5) is 24.0. The number of carbonyl (C=O) groups is 2. The molecule has 2 aromatic rings. The van der Waals surface area contributed by atoms with Crippen molar-refractivity contribution in [1.82, 2.24) is 5.32 Å². The van der Waals surface area contributed by atoms with E-state index in [1.165, 1.54) is 20.1 Å². The van der Waals surface area contributed by atoms with Crippen LogP contribution >= 0.6 is 0 Å². The van der Waals surface area contributed by atoms with E-state index in [1.54, 1.807) is 12.1 Å². The Morgan fingerprint density at radius 1 is 1.12 bits per heavy atom. The molecule has 0 spiro atoms.